The van der Waals surface area contributed by atoms with Gasteiger partial charge in [-0.1, -0.05) is 41.5 Å². The fourth-order valence-electron chi connectivity index (χ4n) is 3.52. The van der Waals surface area contributed by atoms with E-state index < -0.39 is 17.7 Å². The molecule has 0 saturated carbocycles. The van der Waals surface area contributed by atoms with Gasteiger partial charge in [-0.15, -0.1) is 0 Å². The van der Waals surface area contributed by atoms with E-state index in [-0.39, 0.29) is 17.2 Å². The van der Waals surface area contributed by atoms with Crippen molar-refractivity contribution in [3.8, 4) is 5.75 Å². The summed E-state index contributed by atoms with van der Waals surface area (Å²) < 4.78 is 10.6. The van der Waals surface area contributed by atoms with Crippen LogP contribution in [-0.4, -0.2) is 28.6 Å². The third-order valence-electron chi connectivity index (χ3n) is 4.99. The Morgan fingerprint density at radius 2 is 1.91 bits per heavy atom. The Balaban J connectivity index is 1.84. The van der Waals surface area contributed by atoms with Crippen LogP contribution in [-0.2, 0) is 9.59 Å². The summed E-state index contributed by atoms with van der Waals surface area (Å²) in [5.41, 5.74) is 0.892. The smallest absolute Gasteiger partial charge is 0.301 e. The minimum atomic E-state index is -0.909. The van der Waals surface area contributed by atoms with E-state index in [2.05, 4.69) is 11.7 Å². The molecule has 0 spiro atoms. The molecular weight excluding hydrogens is 432 g/mol. The molecule has 32 heavy (non-hydrogen) atoms. The molecule has 1 saturated heterocycles. The van der Waals surface area contributed by atoms with Gasteiger partial charge in [-0.3, -0.25) is 14.5 Å². The molecule has 1 N–H and O–H groups in total. The van der Waals surface area contributed by atoms with Gasteiger partial charge in [0.25, 0.3) is 5.78 Å². The van der Waals surface area contributed by atoms with Crippen LogP contribution in [0.5, 0.6) is 5.75 Å². The molecule has 2 heterocycles. The van der Waals surface area contributed by atoms with Crippen molar-refractivity contribution in [2.24, 2.45) is 0 Å². The van der Waals surface area contributed by atoms with Gasteiger partial charge in [0.2, 0.25) is 0 Å². The second kappa shape index (κ2) is 8.72. The predicted molar refractivity (Wildman–Crippen MR) is 120 cm³/mol. The number of rotatable bonds is 6. The van der Waals surface area contributed by atoms with Crippen LogP contribution in [0.1, 0.15) is 22.9 Å². The summed E-state index contributed by atoms with van der Waals surface area (Å²) in [6.45, 7) is 5.62. The van der Waals surface area contributed by atoms with E-state index in [1.165, 1.54) is 4.90 Å². The SMILES string of the molecule is C=CCOc1ccc(C(O)=C2C(=O)C(=O)N(c3cc(C)on3)C2c2ccc(Cl)cc2)cc1. The zero-order valence-electron chi connectivity index (χ0n) is 17.1. The van der Waals surface area contributed by atoms with Crippen LogP contribution in [0.15, 0.2) is 77.3 Å². The summed E-state index contributed by atoms with van der Waals surface area (Å²) in [5, 5.41) is 15.5. The summed E-state index contributed by atoms with van der Waals surface area (Å²) in [7, 11) is 0. The zero-order chi connectivity index (χ0) is 22.8. The summed E-state index contributed by atoms with van der Waals surface area (Å²) in [6, 6.07) is 13.9. The highest BCUT2D eigenvalue weighted by atomic mass is 35.5. The Kier molecular flexibility index (Phi) is 5.83. The summed E-state index contributed by atoms with van der Waals surface area (Å²) in [6.07, 6.45) is 1.62. The van der Waals surface area contributed by atoms with Crippen molar-refractivity contribution < 1.29 is 24.0 Å². The van der Waals surface area contributed by atoms with Gasteiger partial charge in [0.1, 0.15) is 23.9 Å². The van der Waals surface area contributed by atoms with E-state index in [1.54, 1.807) is 67.6 Å². The maximum Gasteiger partial charge on any atom is 0.301 e. The maximum atomic E-state index is 13.0. The average molecular weight is 451 g/mol. The molecule has 1 unspecified atom stereocenters. The summed E-state index contributed by atoms with van der Waals surface area (Å²) >= 11 is 6.02. The second-order valence-corrected chi connectivity index (χ2v) is 7.58. The van der Waals surface area contributed by atoms with Gasteiger partial charge >= 0.3 is 5.91 Å². The summed E-state index contributed by atoms with van der Waals surface area (Å²) in [5.74, 6) is -0.708. The minimum absolute atomic E-state index is 0.0577. The van der Waals surface area contributed by atoms with Crippen LogP contribution in [0.25, 0.3) is 5.76 Å². The molecule has 1 aromatic heterocycles. The van der Waals surface area contributed by atoms with Crippen LogP contribution in [0, 0.1) is 6.92 Å². The number of nitrogens with zero attached hydrogens (tertiary/aromatic N) is 2. The number of aromatic nitrogens is 1. The first-order valence-electron chi connectivity index (χ1n) is 9.74. The highest BCUT2D eigenvalue weighted by Gasteiger charge is 2.48. The van der Waals surface area contributed by atoms with E-state index in [1.807, 2.05) is 0 Å². The first-order valence-corrected chi connectivity index (χ1v) is 10.1. The molecule has 1 fully saturated rings. The van der Waals surface area contributed by atoms with Crippen molar-refractivity contribution in [2.75, 3.05) is 11.5 Å². The van der Waals surface area contributed by atoms with Crippen molar-refractivity contribution >= 4 is 34.9 Å². The van der Waals surface area contributed by atoms with Crippen molar-refractivity contribution in [1.29, 1.82) is 0 Å². The van der Waals surface area contributed by atoms with E-state index in [9.17, 15) is 14.7 Å². The number of aliphatic hydroxyl groups excluding tert-OH is 1. The molecule has 0 radical (unpaired) electrons. The number of hydrogen-bond acceptors (Lipinski definition) is 6. The number of Topliss-reactive ketones (excluding diaryl/α,β-unsaturated/α-hetero) is 1. The Morgan fingerprint density at radius 3 is 2.50 bits per heavy atom. The Bertz CT molecular complexity index is 1210. The van der Waals surface area contributed by atoms with Gasteiger partial charge in [0.05, 0.1) is 11.6 Å². The van der Waals surface area contributed by atoms with Gasteiger partial charge < -0.3 is 14.4 Å². The molecule has 1 atom stereocenters. The molecule has 1 aliphatic heterocycles. The molecule has 1 amide bonds. The standard InChI is InChI=1S/C24H19ClN2O5/c1-3-12-31-18-10-6-16(7-11-18)22(28)20-21(15-4-8-17(25)9-5-15)27(24(30)23(20)29)19-13-14(2)32-26-19/h3-11,13,21,28H,1,12H2,2H3. The fourth-order valence-corrected chi connectivity index (χ4v) is 3.64. The highest BCUT2D eigenvalue weighted by molar-refractivity contribution is 6.51. The largest absolute Gasteiger partial charge is 0.507 e. The van der Waals surface area contributed by atoms with Crippen molar-refractivity contribution in [2.45, 2.75) is 13.0 Å². The zero-order valence-corrected chi connectivity index (χ0v) is 17.9. The number of aryl methyl sites for hydroxylation is 1. The lowest BCUT2D eigenvalue weighted by Gasteiger charge is -2.22. The van der Waals surface area contributed by atoms with Crippen LogP contribution >= 0.6 is 11.6 Å². The number of halogens is 1. The fraction of sp³-hybridized carbons (Fsp3) is 0.125. The van der Waals surface area contributed by atoms with Crippen LogP contribution < -0.4 is 9.64 Å². The van der Waals surface area contributed by atoms with Gasteiger partial charge in [-0.2, -0.15) is 0 Å². The van der Waals surface area contributed by atoms with Crippen LogP contribution in [0.4, 0.5) is 5.82 Å². The van der Waals surface area contributed by atoms with Crippen LogP contribution in [0.3, 0.4) is 0 Å². The molecule has 2 aromatic carbocycles. The van der Waals surface area contributed by atoms with Crippen LogP contribution in [0.2, 0.25) is 5.02 Å². The number of benzene rings is 2. The van der Waals surface area contributed by atoms with Crippen molar-refractivity contribution in [1.82, 2.24) is 5.16 Å². The van der Waals surface area contributed by atoms with Gasteiger partial charge in [0.15, 0.2) is 5.82 Å². The van der Waals surface area contributed by atoms with Gasteiger partial charge in [-0.25, -0.2) is 0 Å². The predicted octanol–water partition coefficient (Wildman–Crippen LogP) is 4.83. The quantitative estimate of drug-likeness (QED) is 0.250. The number of anilines is 1. The molecule has 8 heteroatoms. The third kappa shape index (κ3) is 3.90. The van der Waals surface area contributed by atoms with E-state index in [0.717, 1.165) is 0 Å². The highest BCUT2D eigenvalue weighted by Crippen LogP contribution is 2.42. The number of hydrogen-bond donors (Lipinski definition) is 1. The molecule has 7 nitrogen and oxygen atoms in total. The molecule has 0 aliphatic carbocycles. The number of ketones is 1. The maximum absolute atomic E-state index is 13.0. The topological polar surface area (TPSA) is 92.9 Å². The molecule has 3 aromatic rings. The summed E-state index contributed by atoms with van der Waals surface area (Å²) in [4.78, 5) is 27.2. The van der Waals surface area contributed by atoms with E-state index in [0.29, 0.717) is 34.3 Å². The number of carbonyl (C=O) groups excluding carboxylic acids is 2. The molecule has 0 bridgehead atoms. The number of aliphatic hydroxyl groups is 1. The molecule has 1 aliphatic rings. The Morgan fingerprint density at radius 1 is 1.22 bits per heavy atom. The second-order valence-electron chi connectivity index (χ2n) is 7.14. The lowest BCUT2D eigenvalue weighted by atomic mass is 9.95. The normalized spacial score (nSPS) is 17.6. The lowest BCUT2D eigenvalue weighted by Crippen LogP contribution is -2.29. The molecule has 4 rings (SSSR count). The molecule has 162 valence electrons. The number of ether oxygens (including phenoxy) is 1. The first-order chi connectivity index (χ1) is 15.4. The van der Waals surface area contributed by atoms with Gasteiger partial charge in [-0.05, 0) is 48.9 Å². The Labute approximate surface area is 189 Å². The number of carbonyl (C=O) groups is 2. The van der Waals surface area contributed by atoms with E-state index in [4.69, 9.17) is 20.9 Å². The first kappa shape index (κ1) is 21.4. The van der Waals surface area contributed by atoms with Gasteiger partial charge in [0, 0.05) is 16.7 Å². The average Bonchev–Trinajstić information content (AvgIpc) is 3.33. The van der Waals surface area contributed by atoms with Crippen molar-refractivity contribution in [3.05, 3.63) is 94.7 Å². The monoisotopic (exact) mass is 450 g/mol. The lowest BCUT2D eigenvalue weighted by molar-refractivity contribution is -0.132. The van der Waals surface area contributed by atoms with Crippen molar-refractivity contribution in [3.63, 3.8) is 0 Å². The Hall–Kier alpha value is -3.84. The third-order valence-corrected chi connectivity index (χ3v) is 5.24. The minimum Gasteiger partial charge on any atom is -0.507 e. The molecular formula is C24H19ClN2O5. The van der Waals surface area contributed by atoms with E-state index >= 15 is 0 Å². The number of amides is 1.